The van der Waals surface area contributed by atoms with E-state index in [1.807, 2.05) is 0 Å². The van der Waals surface area contributed by atoms with Crippen molar-refractivity contribution in [3.63, 3.8) is 0 Å². The van der Waals surface area contributed by atoms with Crippen molar-refractivity contribution in [3.05, 3.63) is 17.3 Å². The third kappa shape index (κ3) is 3.47. The highest BCUT2D eigenvalue weighted by Crippen LogP contribution is 2.08. The first-order chi connectivity index (χ1) is 6.76. The van der Waals surface area contributed by atoms with Crippen LogP contribution in [0.15, 0.2) is 12.1 Å². The second-order valence-corrected chi connectivity index (χ2v) is 3.49. The normalized spacial score (nSPS) is 12.5. The lowest BCUT2D eigenvalue weighted by molar-refractivity contribution is 0.644. The molecular weight excluding hydrogens is 200 g/mol. The molecule has 0 aromatic carbocycles. The maximum Gasteiger partial charge on any atom is 0.151 e. The number of aromatic nitrogens is 2. The van der Waals surface area contributed by atoms with Gasteiger partial charge >= 0.3 is 0 Å². The zero-order valence-corrected chi connectivity index (χ0v) is 8.96. The minimum atomic E-state index is 0.260. The van der Waals surface area contributed by atoms with Gasteiger partial charge < -0.3 is 11.1 Å². The Kier molecular flexibility index (Phi) is 4.62. The van der Waals surface area contributed by atoms with Gasteiger partial charge in [-0.25, -0.2) is 0 Å². The van der Waals surface area contributed by atoms with Gasteiger partial charge in [0.15, 0.2) is 5.15 Å². The lowest BCUT2D eigenvalue weighted by Gasteiger charge is -2.15. The zero-order chi connectivity index (χ0) is 10.4. The van der Waals surface area contributed by atoms with Crippen molar-refractivity contribution in [2.75, 3.05) is 11.9 Å². The van der Waals surface area contributed by atoms with Gasteiger partial charge in [0.05, 0.1) is 0 Å². The maximum atomic E-state index is 5.62. The van der Waals surface area contributed by atoms with E-state index >= 15 is 0 Å². The third-order valence-electron chi connectivity index (χ3n) is 1.91. The molecular formula is C9H15ClN4. The standard InChI is InChI=1S/C9H15ClN4/c1-2-3-7(6-11)12-9-5-4-8(10)13-14-9/h4-5,7H,2-3,6,11H2,1H3,(H,12,14). The van der Waals surface area contributed by atoms with Crippen LogP contribution in [0.25, 0.3) is 0 Å². The van der Waals surface area contributed by atoms with Gasteiger partial charge in [-0.1, -0.05) is 24.9 Å². The lowest BCUT2D eigenvalue weighted by Crippen LogP contribution is -2.29. The molecule has 0 bridgehead atoms. The molecule has 0 aliphatic heterocycles. The Labute approximate surface area is 88.9 Å². The number of hydrogen-bond acceptors (Lipinski definition) is 4. The Bertz CT molecular complexity index is 262. The first-order valence-corrected chi connectivity index (χ1v) is 5.10. The average Bonchev–Trinajstić information content (AvgIpc) is 2.20. The van der Waals surface area contributed by atoms with Crippen LogP contribution in [-0.4, -0.2) is 22.8 Å². The molecule has 0 aliphatic rings. The van der Waals surface area contributed by atoms with E-state index in [1.165, 1.54) is 0 Å². The second-order valence-electron chi connectivity index (χ2n) is 3.11. The highest BCUT2D eigenvalue weighted by molar-refractivity contribution is 6.29. The van der Waals surface area contributed by atoms with Gasteiger partial charge in [-0.15, -0.1) is 10.2 Å². The van der Waals surface area contributed by atoms with Gasteiger partial charge in [0.1, 0.15) is 5.82 Å². The Balaban J connectivity index is 2.53. The molecule has 1 unspecified atom stereocenters. The van der Waals surface area contributed by atoms with E-state index in [1.54, 1.807) is 12.1 Å². The summed E-state index contributed by atoms with van der Waals surface area (Å²) in [5, 5.41) is 11.2. The molecule has 1 aromatic rings. The number of rotatable bonds is 5. The summed E-state index contributed by atoms with van der Waals surface area (Å²) in [4.78, 5) is 0. The summed E-state index contributed by atoms with van der Waals surface area (Å²) in [6.45, 7) is 2.72. The van der Waals surface area contributed by atoms with Crippen molar-refractivity contribution in [1.29, 1.82) is 0 Å². The molecule has 0 spiro atoms. The van der Waals surface area contributed by atoms with Gasteiger partial charge in [0.2, 0.25) is 0 Å². The molecule has 3 N–H and O–H groups in total. The summed E-state index contributed by atoms with van der Waals surface area (Å²) in [6.07, 6.45) is 2.12. The molecule has 78 valence electrons. The molecule has 0 amide bonds. The van der Waals surface area contributed by atoms with Crippen molar-refractivity contribution < 1.29 is 0 Å². The smallest absolute Gasteiger partial charge is 0.151 e. The molecule has 1 heterocycles. The van der Waals surface area contributed by atoms with Crippen LogP contribution in [0.2, 0.25) is 5.15 Å². The summed E-state index contributed by atoms with van der Waals surface area (Å²) in [5.74, 6) is 0.721. The van der Waals surface area contributed by atoms with Crippen LogP contribution < -0.4 is 11.1 Å². The molecule has 0 aliphatic carbocycles. The topological polar surface area (TPSA) is 63.8 Å². The Hall–Kier alpha value is -0.870. The van der Waals surface area contributed by atoms with Crippen molar-refractivity contribution in [2.24, 2.45) is 5.73 Å². The van der Waals surface area contributed by atoms with Crippen LogP contribution in [-0.2, 0) is 0 Å². The zero-order valence-electron chi connectivity index (χ0n) is 8.20. The van der Waals surface area contributed by atoms with Gasteiger partial charge in [0.25, 0.3) is 0 Å². The fourth-order valence-electron chi connectivity index (χ4n) is 1.20. The number of nitrogens with one attached hydrogen (secondary N) is 1. The van der Waals surface area contributed by atoms with E-state index in [2.05, 4.69) is 22.4 Å². The summed E-state index contributed by atoms with van der Waals surface area (Å²) < 4.78 is 0. The number of hydrogen-bond donors (Lipinski definition) is 2. The molecule has 4 nitrogen and oxygen atoms in total. The van der Waals surface area contributed by atoms with Gasteiger partial charge in [0, 0.05) is 12.6 Å². The Morgan fingerprint density at radius 2 is 2.29 bits per heavy atom. The second kappa shape index (κ2) is 5.78. The van der Waals surface area contributed by atoms with Crippen LogP contribution >= 0.6 is 11.6 Å². The Morgan fingerprint density at radius 3 is 2.79 bits per heavy atom. The number of halogens is 1. The van der Waals surface area contributed by atoms with Crippen molar-refractivity contribution in [2.45, 2.75) is 25.8 Å². The molecule has 1 atom stereocenters. The fourth-order valence-corrected chi connectivity index (χ4v) is 1.30. The quantitative estimate of drug-likeness (QED) is 0.783. The minimum Gasteiger partial charge on any atom is -0.365 e. The summed E-state index contributed by atoms with van der Waals surface area (Å²) in [6, 6.07) is 3.76. The van der Waals surface area contributed by atoms with Crippen molar-refractivity contribution in [1.82, 2.24) is 10.2 Å². The van der Waals surface area contributed by atoms with Crippen molar-refractivity contribution >= 4 is 17.4 Å². The molecule has 0 radical (unpaired) electrons. The number of nitrogens with two attached hydrogens (primary N) is 1. The van der Waals surface area contributed by atoms with E-state index in [9.17, 15) is 0 Å². The number of nitrogens with zero attached hydrogens (tertiary/aromatic N) is 2. The van der Waals surface area contributed by atoms with Gasteiger partial charge in [-0.05, 0) is 18.6 Å². The highest BCUT2D eigenvalue weighted by Gasteiger charge is 2.05. The minimum absolute atomic E-state index is 0.260. The predicted octanol–water partition coefficient (Wildman–Crippen LogP) is 1.67. The van der Waals surface area contributed by atoms with Crippen LogP contribution in [0, 0.1) is 0 Å². The van der Waals surface area contributed by atoms with Crippen LogP contribution in [0.3, 0.4) is 0 Å². The van der Waals surface area contributed by atoms with E-state index in [0.29, 0.717) is 11.7 Å². The van der Waals surface area contributed by atoms with Crippen molar-refractivity contribution in [3.8, 4) is 0 Å². The summed E-state index contributed by atoms with van der Waals surface area (Å²) in [5.41, 5.74) is 5.60. The van der Waals surface area contributed by atoms with E-state index in [4.69, 9.17) is 17.3 Å². The molecule has 5 heteroatoms. The first kappa shape index (κ1) is 11.2. The fraction of sp³-hybridized carbons (Fsp3) is 0.556. The SMILES string of the molecule is CCCC(CN)Nc1ccc(Cl)nn1. The summed E-state index contributed by atoms with van der Waals surface area (Å²) in [7, 11) is 0. The first-order valence-electron chi connectivity index (χ1n) is 4.72. The monoisotopic (exact) mass is 214 g/mol. The molecule has 0 saturated heterocycles. The predicted molar refractivity (Wildman–Crippen MR) is 58.4 cm³/mol. The van der Waals surface area contributed by atoms with E-state index in [0.717, 1.165) is 18.7 Å². The van der Waals surface area contributed by atoms with E-state index in [-0.39, 0.29) is 6.04 Å². The third-order valence-corrected chi connectivity index (χ3v) is 2.11. The molecule has 1 rings (SSSR count). The largest absolute Gasteiger partial charge is 0.365 e. The van der Waals surface area contributed by atoms with Crippen LogP contribution in [0.4, 0.5) is 5.82 Å². The maximum absolute atomic E-state index is 5.62. The Morgan fingerprint density at radius 1 is 1.50 bits per heavy atom. The highest BCUT2D eigenvalue weighted by atomic mass is 35.5. The average molecular weight is 215 g/mol. The lowest BCUT2D eigenvalue weighted by atomic mass is 10.2. The van der Waals surface area contributed by atoms with Gasteiger partial charge in [-0.2, -0.15) is 0 Å². The van der Waals surface area contributed by atoms with Crippen LogP contribution in [0.1, 0.15) is 19.8 Å². The summed E-state index contributed by atoms with van der Waals surface area (Å²) >= 11 is 5.62. The molecule has 14 heavy (non-hydrogen) atoms. The molecule has 0 saturated carbocycles. The number of anilines is 1. The van der Waals surface area contributed by atoms with E-state index < -0.39 is 0 Å². The van der Waals surface area contributed by atoms with Crippen LogP contribution in [0.5, 0.6) is 0 Å². The molecule has 0 fully saturated rings. The molecule has 1 aromatic heterocycles. The van der Waals surface area contributed by atoms with Gasteiger partial charge in [-0.3, -0.25) is 0 Å².